The Hall–Kier alpha value is -0.0800. The zero-order valence-electron chi connectivity index (χ0n) is 12.3. The minimum atomic E-state index is 0.392. The Bertz CT molecular complexity index is 257. The molecule has 0 amide bonds. The van der Waals surface area contributed by atoms with E-state index in [-0.39, 0.29) is 0 Å². The molecule has 2 unspecified atom stereocenters. The quantitative estimate of drug-likeness (QED) is 0.761. The third-order valence-corrected chi connectivity index (χ3v) is 4.75. The molecule has 1 aliphatic carbocycles. The highest BCUT2D eigenvalue weighted by Crippen LogP contribution is 2.47. The van der Waals surface area contributed by atoms with Crippen LogP contribution >= 0.6 is 0 Å². The van der Waals surface area contributed by atoms with Crippen molar-refractivity contribution in [3.63, 3.8) is 0 Å². The fourth-order valence-electron chi connectivity index (χ4n) is 4.37. The van der Waals surface area contributed by atoms with Crippen molar-refractivity contribution in [1.29, 1.82) is 0 Å². The van der Waals surface area contributed by atoms with E-state index in [9.17, 15) is 0 Å². The maximum absolute atomic E-state index is 6.17. The smallest absolute Gasteiger partial charge is 0.0206 e. The van der Waals surface area contributed by atoms with Crippen LogP contribution in [0.2, 0.25) is 0 Å². The summed E-state index contributed by atoms with van der Waals surface area (Å²) < 4.78 is 0. The minimum absolute atomic E-state index is 0.392. The molecular weight excluding hydrogens is 208 g/mol. The van der Waals surface area contributed by atoms with Crippen LogP contribution in [0.3, 0.4) is 0 Å². The lowest BCUT2D eigenvalue weighted by molar-refractivity contribution is 0.0330. The molecule has 2 heteroatoms. The van der Waals surface area contributed by atoms with Gasteiger partial charge in [0.25, 0.3) is 0 Å². The van der Waals surface area contributed by atoms with Crippen molar-refractivity contribution >= 4 is 0 Å². The third kappa shape index (κ3) is 3.03. The van der Waals surface area contributed by atoms with Crippen molar-refractivity contribution in [3.8, 4) is 0 Å². The Morgan fingerprint density at radius 3 is 1.94 bits per heavy atom. The van der Waals surface area contributed by atoms with Gasteiger partial charge in [-0.2, -0.15) is 0 Å². The molecule has 0 bridgehead atoms. The van der Waals surface area contributed by atoms with Crippen LogP contribution in [0.25, 0.3) is 0 Å². The van der Waals surface area contributed by atoms with Crippen LogP contribution in [-0.4, -0.2) is 30.1 Å². The first-order valence-electron chi connectivity index (χ1n) is 7.18. The summed E-state index contributed by atoms with van der Waals surface area (Å²) in [5, 5.41) is 0. The van der Waals surface area contributed by atoms with Gasteiger partial charge in [-0.15, -0.1) is 0 Å². The van der Waals surface area contributed by atoms with Crippen LogP contribution in [0.1, 0.15) is 53.9 Å². The fourth-order valence-corrected chi connectivity index (χ4v) is 4.37. The Morgan fingerprint density at radius 1 is 1.00 bits per heavy atom. The SMILES string of the molecule is CC1CN(C2CC(C)(C)CC(C)(C)C2)CC1N. The summed E-state index contributed by atoms with van der Waals surface area (Å²) in [4.78, 5) is 2.66. The third-order valence-electron chi connectivity index (χ3n) is 4.75. The lowest BCUT2D eigenvalue weighted by Crippen LogP contribution is -2.46. The van der Waals surface area contributed by atoms with Gasteiger partial charge in [-0.05, 0) is 36.0 Å². The first-order valence-corrected chi connectivity index (χ1v) is 7.18. The Morgan fingerprint density at radius 2 is 1.53 bits per heavy atom. The normalized spacial score (nSPS) is 38.5. The van der Waals surface area contributed by atoms with Crippen LogP contribution in [0, 0.1) is 16.7 Å². The van der Waals surface area contributed by atoms with Gasteiger partial charge in [0.05, 0.1) is 0 Å². The van der Waals surface area contributed by atoms with Crippen molar-refractivity contribution in [2.24, 2.45) is 22.5 Å². The van der Waals surface area contributed by atoms with E-state index in [1.54, 1.807) is 0 Å². The van der Waals surface area contributed by atoms with E-state index in [0.29, 0.717) is 22.8 Å². The predicted molar refractivity (Wildman–Crippen MR) is 73.9 cm³/mol. The first-order chi connectivity index (χ1) is 7.69. The molecule has 0 aromatic carbocycles. The number of nitrogens with two attached hydrogens (primary N) is 1. The zero-order valence-corrected chi connectivity index (χ0v) is 12.3. The lowest BCUT2D eigenvalue weighted by Gasteiger charge is -2.48. The topological polar surface area (TPSA) is 29.3 Å². The van der Waals surface area contributed by atoms with Gasteiger partial charge in [-0.3, -0.25) is 4.90 Å². The van der Waals surface area contributed by atoms with Crippen LogP contribution < -0.4 is 5.73 Å². The van der Waals surface area contributed by atoms with Crippen LogP contribution in [0.5, 0.6) is 0 Å². The Labute approximate surface area is 107 Å². The molecule has 2 aliphatic rings. The van der Waals surface area contributed by atoms with Crippen LogP contribution in [-0.2, 0) is 0 Å². The van der Waals surface area contributed by atoms with E-state index in [1.807, 2.05) is 0 Å². The summed E-state index contributed by atoms with van der Waals surface area (Å²) >= 11 is 0. The molecule has 2 N–H and O–H groups in total. The number of rotatable bonds is 1. The number of nitrogens with zero attached hydrogens (tertiary/aromatic N) is 1. The monoisotopic (exact) mass is 238 g/mol. The maximum Gasteiger partial charge on any atom is 0.0206 e. The fraction of sp³-hybridized carbons (Fsp3) is 1.00. The van der Waals surface area contributed by atoms with Crippen molar-refractivity contribution in [3.05, 3.63) is 0 Å². The van der Waals surface area contributed by atoms with Gasteiger partial charge < -0.3 is 5.73 Å². The van der Waals surface area contributed by atoms with Gasteiger partial charge in [0, 0.05) is 25.2 Å². The largest absolute Gasteiger partial charge is 0.326 e. The molecule has 1 saturated carbocycles. The lowest BCUT2D eigenvalue weighted by atomic mass is 9.63. The van der Waals surface area contributed by atoms with E-state index < -0.39 is 0 Å². The van der Waals surface area contributed by atoms with Crippen LogP contribution in [0.15, 0.2) is 0 Å². The second kappa shape index (κ2) is 4.24. The standard InChI is InChI=1S/C15H30N2/c1-11-8-17(9-13(11)16)12-6-14(2,3)10-15(4,5)7-12/h11-13H,6-10,16H2,1-5H3. The molecule has 100 valence electrons. The Balaban J connectivity index is 2.06. The van der Waals surface area contributed by atoms with Gasteiger partial charge in [-0.1, -0.05) is 34.6 Å². The molecule has 2 fully saturated rings. The molecule has 0 radical (unpaired) electrons. The molecule has 2 atom stereocenters. The second-order valence-electron chi connectivity index (χ2n) is 8.16. The summed E-state index contributed by atoms with van der Waals surface area (Å²) in [6.45, 7) is 14.3. The van der Waals surface area contributed by atoms with Crippen molar-refractivity contribution in [2.75, 3.05) is 13.1 Å². The molecule has 0 aromatic heterocycles. The summed E-state index contributed by atoms with van der Waals surface area (Å²) in [7, 11) is 0. The highest BCUT2D eigenvalue weighted by Gasteiger charge is 2.42. The molecule has 2 rings (SSSR count). The van der Waals surface area contributed by atoms with E-state index in [0.717, 1.165) is 12.6 Å². The minimum Gasteiger partial charge on any atom is -0.326 e. The summed E-state index contributed by atoms with van der Waals surface area (Å²) in [5.41, 5.74) is 7.15. The van der Waals surface area contributed by atoms with E-state index in [1.165, 1.54) is 25.8 Å². The molecule has 2 nitrogen and oxygen atoms in total. The first kappa shape index (κ1) is 13.4. The van der Waals surface area contributed by atoms with E-state index in [4.69, 9.17) is 5.73 Å². The predicted octanol–water partition coefficient (Wildman–Crippen LogP) is 2.87. The molecule has 1 heterocycles. The molecule has 1 aliphatic heterocycles. The number of hydrogen-bond donors (Lipinski definition) is 1. The highest BCUT2D eigenvalue weighted by molar-refractivity contribution is 4.96. The number of likely N-dealkylation sites (tertiary alicyclic amines) is 1. The number of hydrogen-bond acceptors (Lipinski definition) is 2. The molecule has 0 aromatic rings. The molecular formula is C15H30N2. The van der Waals surface area contributed by atoms with E-state index in [2.05, 4.69) is 39.5 Å². The van der Waals surface area contributed by atoms with Crippen molar-refractivity contribution in [2.45, 2.75) is 66.0 Å². The Kier molecular flexibility index (Phi) is 3.33. The molecule has 17 heavy (non-hydrogen) atoms. The van der Waals surface area contributed by atoms with Gasteiger partial charge in [-0.25, -0.2) is 0 Å². The van der Waals surface area contributed by atoms with Gasteiger partial charge in [0.2, 0.25) is 0 Å². The van der Waals surface area contributed by atoms with Gasteiger partial charge >= 0.3 is 0 Å². The summed E-state index contributed by atoms with van der Waals surface area (Å²) in [6.07, 6.45) is 4.04. The average Bonchev–Trinajstić information content (AvgIpc) is 2.41. The van der Waals surface area contributed by atoms with Crippen molar-refractivity contribution < 1.29 is 0 Å². The maximum atomic E-state index is 6.17. The summed E-state index contributed by atoms with van der Waals surface area (Å²) in [6, 6.07) is 1.15. The molecule has 0 spiro atoms. The second-order valence-corrected chi connectivity index (χ2v) is 8.16. The van der Waals surface area contributed by atoms with Gasteiger partial charge in [0.15, 0.2) is 0 Å². The van der Waals surface area contributed by atoms with Crippen molar-refractivity contribution in [1.82, 2.24) is 4.90 Å². The summed E-state index contributed by atoms with van der Waals surface area (Å²) in [5.74, 6) is 0.670. The van der Waals surface area contributed by atoms with Crippen LogP contribution in [0.4, 0.5) is 0 Å². The zero-order chi connectivity index (χ0) is 12.8. The van der Waals surface area contributed by atoms with E-state index >= 15 is 0 Å². The average molecular weight is 238 g/mol. The molecule has 1 saturated heterocycles. The van der Waals surface area contributed by atoms with Gasteiger partial charge in [0.1, 0.15) is 0 Å². The highest BCUT2D eigenvalue weighted by atomic mass is 15.2.